The molecule has 28 heavy (non-hydrogen) atoms. The smallest absolute Gasteiger partial charge is 0.267 e. The highest BCUT2D eigenvalue weighted by molar-refractivity contribution is 5.99. The van der Waals surface area contributed by atoms with Crippen molar-refractivity contribution < 1.29 is 14.8 Å². The van der Waals surface area contributed by atoms with Gasteiger partial charge >= 0.3 is 0 Å². The van der Waals surface area contributed by atoms with Crippen LogP contribution in [0.5, 0.6) is 0 Å². The Balaban J connectivity index is 1.66. The lowest BCUT2D eigenvalue weighted by Gasteiger charge is -2.09. The summed E-state index contributed by atoms with van der Waals surface area (Å²) in [5.74, 6) is -0.898. The fraction of sp³-hybridized carbons (Fsp3) is 0.0435. The van der Waals surface area contributed by atoms with Crippen molar-refractivity contribution in [1.29, 1.82) is 0 Å². The zero-order chi connectivity index (χ0) is 19.8. The molecule has 0 unspecified atom stereocenters. The second kappa shape index (κ2) is 9.30. The number of carbonyl (C=O) groups excluding carboxylic acids is 2. The summed E-state index contributed by atoms with van der Waals surface area (Å²) < 4.78 is 0. The average Bonchev–Trinajstić information content (AvgIpc) is 2.77. The minimum Gasteiger partial charge on any atom is -0.348 e. The Morgan fingerprint density at radius 3 is 2.18 bits per heavy atom. The summed E-state index contributed by atoms with van der Waals surface area (Å²) >= 11 is 0. The fourth-order valence-electron chi connectivity index (χ4n) is 2.78. The maximum Gasteiger partial charge on any atom is 0.267 e. The molecule has 0 aliphatic carbocycles. The zero-order valence-electron chi connectivity index (χ0n) is 15.1. The summed E-state index contributed by atoms with van der Waals surface area (Å²) in [4.78, 5) is 23.7. The molecule has 3 rings (SSSR count). The van der Waals surface area contributed by atoms with Crippen molar-refractivity contribution in [2.24, 2.45) is 0 Å². The molecule has 0 spiro atoms. The number of hydrogen-bond acceptors (Lipinski definition) is 3. The van der Waals surface area contributed by atoms with Gasteiger partial charge in [0.15, 0.2) is 0 Å². The summed E-state index contributed by atoms with van der Waals surface area (Å²) in [7, 11) is 0. The number of rotatable bonds is 6. The Labute approximate surface area is 163 Å². The van der Waals surface area contributed by atoms with E-state index in [4.69, 9.17) is 5.21 Å². The number of amides is 2. The molecule has 3 aromatic carbocycles. The molecule has 0 saturated heterocycles. The minimum atomic E-state index is -0.659. The van der Waals surface area contributed by atoms with Crippen LogP contribution in [0.2, 0.25) is 0 Å². The van der Waals surface area contributed by atoms with Crippen molar-refractivity contribution in [2.45, 2.75) is 6.54 Å². The first-order chi connectivity index (χ1) is 13.7. The maximum absolute atomic E-state index is 12.5. The molecule has 0 aliphatic rings. The molecule has 0 saturated carbocycles. The fourth-order valence-corrected chi connectivity index (χ4v) is 2.78. The van der Waals surface area contributed by atoms with E-state index >= 15 is 0 Å². The van der Waals surface area contributed by atoms with Crippen LogP contribution in [0.3, 0.4) is 0 Å². The van der Waals surface area contributed by atoms with Gasteiger partial charge < -0.3 is 5.32 Å². The van der Waals surface area contributed by atoms with Gasteiger partial charge in [-0.3, -0.25) is 14.8 Å². The van der Waals surface area contributed by atoms with Crippen LogP contribution in [0.15, 0.2) is 84.9 Å². The van der Waals surface area contributed by atoms with Gasteiger partial charge in [0.2, 0.25) is 0 Å². The van der Waals surface area contributed by atoms with Gasteiger partial charge in [-0.15, -0.1) is 0 Å². The van der Waals surface area contributed by atoms with E-state index in [0.29, 0.717) is 17.7 Å². The van der Waals surface area contributed by atoms with Crippen LogP contribution in [-0.2, 0) is 11.3 Å². The first kappa shape index (κ1) is 19.1. The van der Waals surface area contributed by atoms with Gasteiger partial charge in [-0.1, -0.05) is 72.8 Å². The van der Waals surface area contributed by atoms with Crippen LogP contribution < -0.4 is 10.8 Å². The normalized spacial score (nSPS) is 10.6. The molecule has 0 atom stereocenters. The summed E-state index contributed by atoms with van der Waals surface area (Å²) in [6.07, 6.45) is 2.64. The van der Waals surface area contributed by atoms with Crippen molar-refractivity contribution >= 4 is 17.9 Å². The zero-order valence-corrected chi connectivity index (χ0v) is 15.1. The van der Waals surface area contributed by atoms with E-state index in [-0.39, 0.29) is 5.91 Å². The van der Waals surface area contributed by atoms with Crippen molar-refractivity contribution in [1.82, 2.24) is 10.8 Å². The molecule has 0 radical (unpaired) electrons. The van der Waals surface area contributed by atoms with Crippen molar-refractivity contribution in [2.75, 3.05) is 0 Å². The van der Waals surface area contributed by atoms with Crippen LogP contribution in [0.1, 0.15) is 21.5 Å². The quantitative estimate of drug-likeness (QED) is 0.350. The van der Waals surface area contributed by atoms with Crippen molar-refractivity contribution in [3.8, 4) is 11.1 Å². The lowest BCUT2D eigenvalue weighted by Crippen LogP contribution is -2.23. The first-order valence-electron chi connectivity index (χ1n) is 8.81. The third kappa shape index (κ3) is 4.93. The summed E-state index contributed by atoms with van der Waals surface area (Å²) in [5, 5.41) is 11.5. The highest BCUT2D eigenvalue weighted by Crippen LogP contribution is 2.19. The Bertz CT molecular complexity index is 980. The van der Waals surface area contributed by atoms with E-state index in [1.807, 2.05) is 42.5 Å². The molecule has 5 nitrogen and oxygen atoms in total. The van der Waals surface area contributed by atoms with Gasteiger partial charge in [0.1, 0.15) is 0 Å². The molecule has 3 N–H and O–H groups in total. The van der Waals surface area contributed by atoms with Gasteiger partial charge in [-0.25, -0.2) is 5.48 Å². The molecule has 0 aromatic heterocycles. The van der Waals surface area contributed by atoms with E-state index in [1.165, 1.54) is 11.6 Å². The van der Waals surface area contributed by atoms with Crippen LogP contribution >= 0.6 is 0 Å². The third-order valence-electron chi connectivity index (χ3n) is 4.24. The highest BCUT2D eigenvalue weighted by atomic mass is 16.5. The Morgan fingerprint density at radius 1 is 0.821 bits per heavy atom. The molecule has 2 amide bonds. The van der Waals surface area contributed by atoms with Gasteiger partial charge in [-0.2, -0.15) is 0 Å². The van der Waals surface area contributed by atoms with Gasteiger partial charge in [0.05, 0.1) is 0 Å². The monoisotopic (exact) mass is 372 g/mol. The molecule has 5 heteroatoms. The molecular formula is C23H20N2O3. The number of carbonyl (C=O) groups is 2. The van der Waals surface area contributed by atoms with E-state index in [1.54, 1.807) is 24.3 Å². The van der Waals surface area contributed by atoms with Crippen LogP contribution in [0, 0.1) is 0 Å². The van der Waals surface area contributed by atoms with E-state index in [0.717, 1.165) is 22.8 Å². The van der Waals surface area contributed by atoms with Crippen molar-refractivity contribution in [3.63, 3.8) is 0 Å². The van der Waals surface area contributed by atoms with E-state index in [2.05, 4.69) is 17.4 Å². The Kier molecular flexibility index (Phi) is 6.33. The lowest BCUT2D eigenvalue weighted by molar-refractivity contribution is -0.124. The molecule has 0 bridgehead atoms. The van der Waals surface area contributed by atoms with E-state index < -0.39 is 5.91 Å². The predicted octanol–water partition coefficient (Wildman–Crippen LogP) is 3.80. The predicted molar refractivity (Wildman–Crippen MR) is 108 cm³/mol. The van der Waals surface area contributed by atoms with Gasteiger partial charge in [-0.05, 0) is 34.4 Å². The second-order valence-electron chi connectivity index (χ2n) is 6.14. The Hall–Kier alpha value is -3.70. The topological polar surface area (TPSA) is 78.4 Å². The molecule has 0 heterocycles. The maximum atomic E-state index is 12.5. The summed E-state index contributed by atoms with van der Waals surface area (Å²) in [6.45, 7) is 0.392. The number of hydroxylamine groups is 1. The minimum absolute atomic E-state index is 0.239. The van der Waals surface area contributed by atoms with Crippen LogP contribution in [0.25, 0.3) is 17.2 Å². The summed E-state index contributed by atoms with van der Waals surface area (Å²) in [6, 6.07) is 25.1. The van der Waals surface area contributed by atoms with Crippen LogP contribution in [0.4, 0.5) is 0 Å². The van der Waals surface area contributed by atoms with E-state index in [9.17, 15) is 9.59 Å². The molecular weight excluding hydrogens is 352 g/mol. The second-order valence-corrected chi connectivity index (χ2v) is 6.14. The van der Waals surface area contributed by atoms with Gasteiger partial charge in [0.25, 0.3) is 11.8 Å². The number of nitrogens with one attached hydrogen (secondary N) is 2. The lowest BCUT2D eigenvalue weighted by atomic mass is 10.0. The van der Waals surface area contributed by atoms with Gasteiger partial charge in [0, 0.05) is 18.2 Å². The number of benzene rings is 3. The standard InChI is InChI=1S/C23H20N2O3/c26-22(25-28)15-14-20-8-4-5-9-21(20)23(27)24-16-17-10-12-19(13-11-17)18-6-2-1-3-7-18/h1-15,28H,16H2,(H,24,27)(H,25,26)/b15-14+. The average molecular weight is 372 g/mol. The van der Waals surface area contributed by atoms with Crippen molar-refractivity contribution in [3.05, 3.63) is 102 Å². The Morgan fingerprint density at radius 2 is 1.46 bits per heavy atom. The molecule has 3 aromatic rings. The highest BCUT2D eigenvalue weighted by Gasteiger charge is 2.09. The largest absolute Gasteiger partial charge is 0.348 e. The molecule has 0 fully saturated rings. The molecule has 140 valence electrons. The molecule has 0 aliphatic heterocycles. The first-order valence-corrected chi connectivity index (χ1v) is 8.81. The SMILES string of the molecule is O=C(/C=C/c1ccccc1C(=O)NCc1ccc(-c2ccccc2)cc1)NO. The number of hydrogen-bond donors (Lipinski definition) is 3. The third-order valence-corrected chi connectivity index (χ3v) is 4.24. The van der Waals surface area contributed by atoms with Crippen LogP contribution in [-0.4, -0.2) is 17.0 Å². The summed E-state index contributed by atoms with van der Waals surface area (Å²) in [5.41, 5.74) is 5.81.